The minimum absolute atomic E-state index is 0.0392. The maximum Gasteiger partial charge on any atom is 0.302 e. The summed E-state index contributed by atoms with van der Waals surface area (Å²) >= 11 is 0. The number of ether oxygens (including phenoxy) is 2. The van der Waals surface area contributed by atoms with Crippen molar-refractivity contribution in [3.63, 3.8) is 0 Å². The summed E-state index contributed by atoms with van der Waals surface area (Å²) in [5, 5.41) is 3.41. The van der Waals surface area contributed by atoms with Gasteiger partial charge in [0.1, 0.15) is 12.7 Å². The molecule has 0 bridgehead atoms. The molecule has 0 radical (unpaired) electrons. The molecule has 47 heavy (non-hydrogen) atoms. The lowest BCUT2D eigenvalue weighted by Crippen LogP contribution is -2.68. The molecule has 6 rings (SSSR count). The van der Waals surface area contributed by atoms with E-state index in [0.717, 1.165) is 69.8 Å². The van der Waals surface area contributed by atoms with Crippen LogP contribution in [-0.2, 0) is 30.4 Å². The molecule has 1 aromatic rings. The second-order valence-electron chi connectivity index (χ2n) is 17.4. The molecule has 258 valence electrons. The third kappa shape index (κ3) is 5.21. The van der Waals surface area contributed by atoms with Crippen LogP contribution in [0.1, 0.15) is 118 Å². The molecule has 5 aliphatic carbocycles. The van der Waals surface area contributed by atoms with Crippen molar-refractivity contribution >= 4 is 17.8 Å². The van der Waals surface area contributed by atoms with Gasteiger partial charge in [0.15, 0.2) is 0 Å². The molecule has 1 N–H and O–H groups in total. The van der Waals surface area contributed by atoms with Gasteiger partial charge in [-0.1, -0.05) is 70.2 Å². The van der Waals surface area contributed by atoms with Gasteiger partial charge < -0.3 is 14.8 Å². The smallest absolute Gasteiger partial charge is 0.302 e. The van der Waals surface area contributed by atoms with E-state index in [1.165, 1.54) is 19.4 Å². The van der Waals surface area contributed by atoms with Crippen molar-refractivity contribution in [2.75, 3.05) is 6.61 Å². The highest BCUT2D eigenvalue weighted by Crippen LogP contribution is 2.77. The van der Waals surface area contributed by atoms with Crippen molar-refractivity contribution in [2.45, 2.75) is 125 Å². The average Bonchev–Trinajstić information content (AvgIpc) is 3.42. The Morgan fingerprint density at radius 1 is 0.809 bits per heavy atom. The van der Waals surface area contributed by atoms with Crippen molar-refractivity contribution in [2.24, 2.45) is 56.7 Å². The van der Waals surface area contributed by atoms with Crippen LogP contribution in [0, 0.1) is 56.7 Å². The lowest BCUT2D eigenvalue weighted by Gasteiger charge is -2.73. The van der Waals surface area contributed by atoms with Crippen LogP contribution in [0.2, 0.25) is 0 Å². The van der Waals surface area contributed by atoms with Crippen LogP contribution in [0.5, 0.6) is 0 Å². The van der Waals surface area contributed by atoms with Crippen LogP contribution in [0.3, 0.4) is 0 Å². The molecule has 5 aliphatic rings. The van der Waals surface area contributed by atoms with E-state index in [1.54, 1.807) is 0 Å². The molecule has 3 unspecified atom stereocenters. The van der Waals surface area contributed by atoms with Crippen molar-refractivity contribution < 1.29 is 23.9 Å². The lowest BCUT2D eigenvalue weighted by atomic mass is 9.32. The molecule has 1 amide bonds. The van der Waals surface area contributed by atoms with Gasteiger partial charge in [-0.15, -0.1) is 0 Å². The summed E-state index contributed by atoms with van der Waals surface area (Å²) in [5.41, 5.74) is 1.88. The largest absolute Gasteiger partial charge is 0.465 e. The number of benzene rings is 1. The second kappa shape index (κ2) is 12.1. The number of nitrogens with one attached hydrogen (secondary N) is 1. The first-order valence-corrected chi connectivity index (χ1v) is 18.4. The van der Waals surface area contributed by atoms with Gasteiger partial charge in [-0.25, -0.2) is 0 Å². The van der Waals surface area contributed by atoms with E-state index >= 15 is 0 Å². The molecule has 1 aromatic carbocycles. The number of carbonyl (C=O) groups excluding carboxylic acids is 3. The predicted molar refractivity (Wildman–Crippen MR) is 184 cm³/mol. The van der Waals surface area contributed by atoms with Gasteiger partial charge in [-0.3, -0.25) is 14.4 Å². The Morgan fingerprint density at radius 3 is 2.19 bits per heavy atom. The standard InChI is InChI=1S/C41H59NO5/c1-26(2)30-16-21-41(36(45)42-24-29-12-10-9-11-13-29)23-22-39(7)31(35(30)41)14-15-33-37(5)19-18-34(47-28(4)44)38(6,25-46-27(3)43)32(37)17-20-40(33,39)8/h9-13,30-35H,1,14-25H2,2-8H3,(H,42,45)/t30-,31?,32+,33+,34?,35+,37-,38?,39+,40+,41-/m0/s1. The molecule has 6 nitrogen and oxygen atoms in total. The fraction of sp³-hybridized carbons (Fsp3) is 0.732. The SMILES string of the molecule is C=C(C)[C@@H]1CC[C@]2(C(=O)NCc3ccccc3)CC[C@]3(C)C(CC[C@@H]4[C@@]5(C)CCC(OC(C)=O)C(C)(COC(C)=O)[C@@H]5CC[C@]43C)[C@@H]12. The average molecular weight is 646 g/mol. The zero-order chi connectivity index (χ0) is 34.0. The van der Waals surface area contributed by atoms with E-state index < -0.39 is 5.41 Å². The number of esters is 2. The van der Waals surface area contributed by atoms with Crippen LogP contribution >= 0.6 is 0 Å². The van der Waals surface area contributed by atoms with Crippen molar-refractivity contribution in [1.82, 2.24) is 5.32 Å². The summed E-state index contributed by atoms with van der Waals surface area (Å²) in [7, 11) is 0. The molecule has 0 heterocycles. The molecule has 0 spiro atoms. The second-order valence-corrected chi connectivity index (χ2v) is 17.4. The number of rotatable bonds is 7. The quantitative estimate of drug-likeness (QED) is 0.238. The van der Waals surface area contributed by atoms with E-state index in [0.29, 0.717) is 30.2 Å². The molecule has 0 saturated heterocycles. The molecular formula is C41H59NO5. The molecule has 6 heteroatoms. The Bertz CT molecular complexity index is 1410. The predicted octanol–water partition coefficient (Wildman–Crippen LogP) is 8.44. The van der Waals surface area contributed by atoms with Gasteiger partial charge in [0.05, 0.1) is 5.41 Å². The van der Waals surface area contributed by atoms with Gasteiger partial charge in [0, 0.05) is 25.8 Å². The Labute approximate surface area is 283 Å². The number of hydrogen-bond donors (Lipinski definition) is 1. The number of allylic oxidation sites excluding steroid dienone is 1. The Kier molecular flexibility index (Phi) is 8.78. The molecule has 5 saturated carbocycles. The summed E-state index contributed by atoms with van der Waals surface area (Å²) in [6, 6.07) is 10.3. The van der Waals surface area contributed by atoms with E-state index in [9.17, 15) is 14.4 Å². The highest BCUT2D eigenvalue weighted by Gasteiger charge is 2.72. The summed E-state index contributed by atoms with van der Waals surface area (Å²) in [4.78, 5) is 38.7. The van der Waals surface area contributed by atoms with Crippen LogP contribution in [-0.4, -0.2) is 30.6 Å². The fourth-order valence-corrected chi connectivity index (χ4v) is 13.1. The zero-order valence-electron chi connectivity index (χ0n) is 30.1. The first-order valence-electron chi connectivity index (χ1n) is 18.4. The highest BCUT2D eigenvalue weighted by molar-refractivity contribution is 5.84. The third-order valence-electron chi connectivity index (χ3n) is 15.5. The minimum Gasteiger partial charge on any atom is -0.465 e. The van der Waals surface area contributed by atoms with Crippen molar-refractivity contribution in [1.29, 1.82) is 0 Å². The minimum atomic E-state index is -0.432. The summed E-state index contributed by atoms with van der Waals surface area (Å²) in [5.74, 6) is 1.66. The van der Waals surface area contributed by atoms with Gasteiger partial charge in [-0.2, -0.15) is 0 Å². The Balaban J connectivity index is 1.32. The van der Waals surface area contributed by atoms with Gasteiger partial charge in [0.2, 0.25) is 5.91 Å². The van der Waals surface area contributed by atoms with Gasteiger partial charge in [-0.05, 0) is 123 Å². The zero-order valence-corrected chi connectivity index (χ0v) is 30.1. The van der Waals surface area contributed by atoms with E-state index in [2.05, 4.69) is 58.6 Å². The summed E-state index contributed by atoms with van der Waals surface area (Å²) in [6.07, 6.45) is 9.98. The number of amides is 1. The molecule has 0 aromatic heterocycles. The van der Waals surface area contributed by atoms with E-state index in [1.807, 2.05) is 18.2 Å². The van der Waals surface area contributed by atoms with Crippen LogP contribution in [0.4, 0.5) is 0 Å². The third-order valence-corrected chi connectivity index (χ3v) is 15.5. The summed E-state index contributed by atoms with van der Waals surface area (Å²) in [6.45, 7) is 20.4. The maximum absolute atomic E-state index is 14.4. The van der Waals surface area contributed by atoms with Gasteiger partial charge in [0.25, 0.3) is 0 Å². The first kappa shape index (κ1) is 34.2. The highest BCUT2D eigenvalue weighted by atomic mass is 16.6. The van der Waals surface area contributed by atoms with Gasteiger partial charge >= 0.3 is 11.9 Å². The monoisotopic (exact) mass is 645 g/mol. The van der Waals surface area contributed by atoms with Crippen LogP contribution < -0.4 is 5.32 Å². The van der Waals surface area contributed by atoms with Crippen molar-refractivity contribution in [3.8, 4) is 0 Å². The number of fused-ring (bicyclic) bond motifs is 7. The fourth-order valence-electron chi connectivity index (χ4n) is 13.1. The normalized spacial score (nSPS) is 43.7. The van der Waals surface area contributed by atoms with Crippen LogP contribution in [0.15, 0.2) is 42.5 Å². The van der Waals surface area contributed by atoms with E-state index in [4.69, 9.17) is 9.47 Å². The topological polar surface area (TPSA) is 81.7 Å². The van der Waals surface area contributed by atoms with Crippen molar-refractivity contribution in [3.05, 3.63) is 48.0 Å². The lowest BCUT2D eigenvalue weighted by molar-refractivity contribution is -0.256. The van der Waals surface area contributed by atoms with E-state index in [-0.39, 0.29) is 58.1 Å². The first-order chi connectivity index (χ1) is 22.1. The molecule has 0 aliphatic heterocycles. The molecule has 5 fully saturated rings. The molecular weight excluding hydrogens is 586 g/mol. The summed E-state index contributed by atoms with van der Waals surface area (Å²) < 4.78 is 11.7. The number of carbonyl (C=O) groups is 3. The molecule has 11 atom stereocenters. The maximum atomic E-state index is 14.4. The number of hydrogen-bond acceptors (Lipinski definition) is 5. The Hall–Kier alpha value is -2.63. The van der Waals surface area contributed by atoms with Crippen LogP contribution in [0.25, 0.3) is 0 Å². The Morgan fingerprint density at radius 2 is 1.53 bits per heavy atom.